The molecular weight excluding hydrogens is 315 g/mol. The van der Waals surface area contributed by atoms with Crippen LogP contribution < -0.4 is 4.74 Å². The highest BCUT2D eigenvalue weighted by atomic mass is 19.1. The molecule has 0 saturated carbocycles. The minimum atomic E-state index is -0.825. The van der Waals surface area contributed by atoms with Crippen molar-refractivity contribution in [3.63, 3.8) is 0 Å². The SMILES string of the molecule is CN(Cc1ccccc1)CC(O)COc1ccc([N+](=O)[O-])cc1F. The molecule has 24 heavy (non-hydrogen) atoms. The van der Waals surface area contributed by atoms with Gasteiger partial charge in [-0.1, -0.05) is 30.3 Å². The second-order valence-electron chi connectivity index (χ2n) is 5.52. The standard InChI is InChI=1S/C17H19FN2O4/c1-19(10-13-5-3-2-4-6-13)11-15(21)12-24-17-8-7-14(20(22)23)9-16(17)18/h2-9,15,21H,10-12H2,1H3. The van der Waals surface area contributed by atoms with Crippen LogP contribution in [0.4, 0.5) is 10.1 Å². The summed E-state index contributed by atoms with van der Waals surface area (Å²) in [7, 11) is 1.86. The van der Waals surface area contributed by atoms with Crippen LogP contribution in [0.3, 0.4) is 0 Å². The number of nitro groups is 1. The first-order valence-corrected chi connectivity index (χ1v) is 7.43. The summed E-state index contributed by atoms with van der Waals surface area (Å²) in [6.07, 6.45) is -0.812. The van der Waals surface area contributed by atoms with Crippen LogP contribution in [-0.4, -0.2) is 41.2 Å². The minimum absolute atomic E-state index is 0.103. The van der Waals surface area contributed by atoms with Gasteiger partial charge in [0.1, 0.15) is 12.7 Å². The van der Waals surface area contributed by atoms with Crippen molar-refractivity contribution in [1.29, 1.82) is 0 Å². The van der Waals surface area contributed by atoms with E-state index < -0.39 is 16.8 Å². The van der Waals surface area contributed by atoms with Gasteiger partial charge >= 0.3 is 0 Å². The number of nitrogens with zero attached hydrogens (tertiary/aromatic N) is 2. The van der Waals surface area contributed by atoms with Crippen molar-refractivity contribution in [2.24, 2.45) is 0 Å². The minimum Gasteiger partial charge on any atom is -0.488 e. The summed E-state index contributed by atoms with van der Waals surface area (Å²) in [6.45, 7) is 0.918. The zero-order valence-corrected chi connectivity index (χ0v) is 13.3. The van der Waals surface area contributed by atoms with E-state index in [1.54, 1.807) is 0 Å². The zero-order valence-electron chi connectivity index (χ0n) is 13.3. The first-order chi connectivity index (χ1) is 11.5. The Kier molecular flexibility index (Phi) is 6.22. The van der Waals surface area contributed by atoms with Crippen molar-refractivity contribution in [1.82, 2.24) is 4.90 Å². The fraction of sp³-hybridized carbons (Fsp3) is 0.294. The molecule has 2 aromatic rings. The summed E-state index contributed by atoms with van der Waals surface area (Å²) in [5, 5.41) is 20.5. The van der Waals surface area contributed by atoms with Gasteiger partial charge in [-0.15, -0.1) is 0 Å². The maximum Gasteiger partial charge on any atom is 0.272 e. The van der Waals surface area contributed by atoms with Crippen LogP contribution in [0.5, 0.6) is 5.75 Å². The number of nitro benzene ring substituents is 1. The normalized spacial score (nSPS) is 12.2. The Bertz CT molecular complexity index is 682. The number of aliphatic hydroxyl groups excluding tert-OH is 1. The van der Waals surface area contributed by atoms with Gasteiger partial charge < -0.3 is 9.84 Å². The summed E-state index contributed by atoms with van der Waals surface area (Å²) in [5.74, 6) is -0.945. The van der Waals surface area contributed by atoms with Gasteiger partial charge in [0.25, 0.3) is 5.69 Å². The van der Waals surface area contributed by atoms with E-state index >= 15 is 0 Å². The van der Waals surface area contributed by atoms with E-state index in [0.717, 1.165) is 17.7 Å². The molecule has 128 valence electrons. The molecule has 0 fully saturated rings. The van der Waals surface area contributed by atoms with E-state index in [0.29, 0.717) is 13.1 Å². The van der Waals surface area contributed by atoms with Gasteiger partial charge in [-0.05, 0) is 18.7 Å². The second-order valence-corrected chi connectivity index (χ2v) is 5.52. The van der Waals surface area contributed by atoms with Gasteiger partial charge in [0.15, 0.2) is 11.6 Å². The van der Waals surface area contributed by atoms with Crippen molar-refractivity contribution in [3.05, 3.63) is 70.0 Å². The average Bonchev–Trinajstić information content (AvgIpc) is 2.54. The number of hydrogen-bond donors (Lipinski definition) is 1. The molecule has 1 N–H and O–H groups in total. The second kappa shape index (κ2) is 8.37. The Labute approximate surface area is 139 Å². The van der Waals surface area contributed by atoms with Crippen molar-refractivity contribution in [3.8, 4) is 5.75 Å². The Balaban J connectivity index is 1.82. The molecule has 0 bridgehead atoms. The quantitative estimate of drug-likeness (QED) is 0.593. The molecule has 7 heteroatoms. The van der Waals surface area contributed by atoms with Crippen LogP contribution in [0.2, 0.25) is 0 Å². The van der Waals surface area contributed by atoms with Gasteiger partial charge in [-0.2, -0.15) is 0 Å². The molecule has 6 nitrogen and oxygen atoms in total. The molecule has 2 aromatic carbocycles. The Hall–Kier alpha value is -2.51. The third-order valence-corrected chi connectivity index (χ3v) is 3.38. The van der Waals surface area contributed by atoms with Crippen LogP contribution in [0.1, 0.15) is 5.56 Å². The number of aliphatic hydroxyl groups is 1. The molecule has 0 aromatic heterocycles. The number of likely N-dealkylation sites (N-methyl/N-ethyl adjacent to an activating group) is 1. The Morgan fingerprint density at radius 2 is 2.00 bits per heavy atom. The number of rotatable bonds is 8. The van der Waals surface area contributed by atoms with E-state index in [2.05, 4.69) is 0 Å². The number of halogens is 1. The van der Waals surface area contributed by atoms with Gasteiger partial charge in [-0.3, -0.25) is 15.0 Å². The predicted octanol–water partition coefficient (Wildman–Crippen LogP) is 2.61. The smallest absolute Gasteiger partial charge is 0.272 e. The van der Waals surface area contributed by atoms with Crippen molar-refractivity contribution in [2.75, 3.05) is 20.2 Å². The molecule has 0 spiro atoms. The maximum atomic E-state index is 13.7. The van der Waals surface area contributed by atoms with E-state index in [1.165, 1.54) is 6.07 Å². The van der Waals surface area contributed by atoms with Crippen molar-refractivity contribution in [2.45, 2.75) is 12.6 Å². The first kappa shape index (κ1) is 17.8. The molecule has 1 unspecified atom stereocenters. The van der Waals surface area contributed by atoms with Gasteiger partial charge in [0.05, 0.1) is 11.0 Å². The number of hydrogen-bond acceptors (Lipinski definition) is 5. The monoisotopic (exact) mass is 334 g/mol. The Morgan fingerprint density at radius 3 is 2.62 bits per heavy atom. The van der Waals surface area contributed by atoms with Gasteiger partial charge in [-0.25, -0.2) is 4.39 Å². The predicted molar refractivity (Wildman–Crippen MR) is 87.3 cm³/mol. The Morgan fingerprint density at radius 1 is 1.29 bits per heavy atom. The molecule has 0 amide bonds. The van der Waals surface area contributed by atoms with Crippen LogP contribution in [0.25, 0.3) is 0 Å². The van der Waals surface area contributed by atoms with Crippen molar-refractivity contribution >= 4 is 5.69 Å². The highest BCUT2D eigenvalue weighted by molar-refractivity contribution is 5.37. The van der Waals surface area contributed by atoms with Crippen LogP contribution in [0, 0.1) is 15.9 Å². The lowest BCUT2D eigenvalue weighted by atomic mass is 10.2. The topological polar surface area (TPSA) is 75.8 Å². The van der Waals surface area contributed by atoms with Gasteiger partial charge in [0, 0.05) is 19.2 Å². The molecule has 2 rings (SSSR count). The number of ether oxygens (including phenoxy) is 1. The summed E-state index contributed by atoms with van der Waals surface area (Å²) >= 11 is 0. The largest absolute Gasteiger partial charge is 0.488 e. The zero-order chi connectivity index (χ0) is 17.5. The third kappa shape index (κ3) is 5.29. The molecule has 0 aliphatic heterocycles. The third-order valence-electron chi connectivity index (χ3n) is 3.38. The van der Waals surface area contributed by atoms with E-state index in [4.69, 9.17) is 4.74 Å². The van der Waals surface area contributed by atoms with E-state index in [1.807, 2.05) is 42.3 Å². The molecular formula is C17H19FN2O4. The van der Waals surface area contributed by atoms with Crippen LogP contribution in [-0.2, 0) is 6.54 Å². The molecule has 1 atom stereocenters. The molecule has 0 aliphatic carbocycles. The summed E-state index contributed by atoms with van der Waals surface area (Å²) in [4.78, 5) is 11.8. The van der Waals surface area contributed by atoms with Crippen LogP contribution in [0.15, 0.2) is 48.5 Å². The van der Waals surface area contributed by atoms with Crippen molar-refractivity contribution < 1.29 is 19.2 Å². The highest BCUT2D eigenvalue weighted by Gasteiger charge is 2.14. The fourth-order valence-corrected chi connectivity index (χ4v) is 2.28. The molecule has 0 heterocycles. The lowest BCUT2D eigenvalue weighted by molar-refractivity contribution is -0.385. The average molecular weight is 334 g/mol. The summed E-state index contributed by atoms with van der Waals surface area (Å²) in [5.41, 5.74) is 0.775. The number of non-ortho nitro benzene ring substituents is 1. The summed E-state index contributed by atoms with van der Waals surface area (Å²) < 4.78 is 18.9. The molecule has 0 radical (unpaired) electrons. The number of benzene rings is 2. The van der Waals surface area contributed by atoms with E-state index in [9.17, 15) is 19.6 Å². The van der Waals surface area contributed by atoms with E-state index in [-0.39, 0.29) is 18.0 Å². The summed E-state index contributed by atoms with van der Waals surface area (Å²) in [6, 6.07) is 13.0. The lowest BCUT2D eigenvalue weighted by Crippen LogP contribution is -2.32. The highest BCUT2D eigenvalue weighted by Crippen LogP contribution is 2.22. The lowest BCUT2D eigenvalue weighted by Gasteiger charge is -2.21. The van der Waals surface area contributed by atoms with Gasteiger partial charge in [0.2, 0.25) is 0 Å². The van der Waals surface area contributed by atoms with Crippen LogP contribution >= 0.6 is 0 Å². The first-order valence-electron chi connectivity index (χ1n) is 7.43. The maximum absolute atomic E-state index is 13.7. The fourth-order valence-electron chi connectivity index (χ4n) is 2.28. The molecule has 0 saturated heterocycles. The molecule has 0 aliphatic rings.